The number of benzene rings is 3. The smallest absolute Gasteiger partial charge is 0.223 e. The van der Waals surface area contributed by atoms with E-state index in [-0.39, 0.29) is 5.91 Å². The second-order valence-electron chi connectivity index (χ2n) is 7.01. The van der Waals surface area contributed by atoms with Gasteiger partial charge in [0.05, 0.1) is 30.4 Å². The van der Waals surface area contributed by atoms with Crippen molar-refractivity contribution in [2.45, 2.75) is 19.5 Å². The molecule has 0 unspecified atom stereocenters. The average molecular weight is 420 g/mol. The minimum atomic E-state index is -0.0463. The number of imidazole rings is 1. The van der Waals surface area contributed by atoms with Gasteiger partial charge >= 0.3 is 0 Å². The van der Waals surface area contributed by atoms with Crippen LogP contribution in [-0.4, -0.2) is 22.1 Å². The maximum atomic E-state index is 12.1. The summed E-state index contributed by atoms with van der Waals surface area (Å²) in [4.78, 5) is 16.6. The molecule has 5 nitrogen and oxygen atoms in total. The summed E-state index contributed by atoms with van der Waals surface area (Å²) in [5.41, 5.74) is 4.32. The summed E-state index contributed by atoms with van der Waals surface area (Å²) in [5.74, 6) is 0.655. The van der Waals surface area contributed by atoms with Gasteiger partial charge in [-0.2, -0.15) is 0 Å². The third kappa shape index (κ3) is 5.19. The number of nitrogens with zero attached hydrogens (tertiary/aromatic N) is 2. The Morgan fingerprint density at radius 1 is 1.00 bits per heavy atom. The SMILES string of the molecule is O=C(CCOc1ccc(Cl)cc1)NCc1cccc(Cn2cnc3ccccc32)c1. The third-order valence-corrected chi connectivity index (χ3v) is 5.02. The molecule has 1 aromatic heterocycles. The van der Waals surface area contributed by atoms with E-state index in [9.17, 15) is 4.79 Å². The van der Waals surface area contributed by atoms with Crippen LogP contribution in [0.25, 0.3) is 11.0 Å². The van der Waals surface area contributed by atoms with Crippen molar-refractivity contribution in [3.8, 4) is 5.75 Å². The summed E-state index contributed by atoms with van der Waals surface area (Å²) in [6, 6.07) is 23.4. The van der Waals surface area contributed by atoms with Gasteiger partial charge in [0.1, 0.15) is 5.75 Å². The minimum Gasteiger partial charge on any atom is -0.493 e. The zero-order valence-electron chi connectivity index (χ0n) is 16.4. The number of para-hydroxylation sites is 2. The predicted octanol–water partition coefficient (Wildman–Crippen LogP) is 4.82. The molecule has 152 valence electrons. The molecule has 1 amide bonds. The first-order valence-electron chi connectivity index (χ1n) is 9.80. The average Bonchev–Trinajstić information content (AvgIpc) is 3.17. The molecular weight excluding hydrogens is 398 g/mol. The van der Waals surface area contributed by atoms with Crippen LogP contribution in [-0.2, 0) is 17.9 Å². The van der Waals surface area contributed by atoms with Crippen molar-refractivity contribution in [3.05, 3.63) is 95.3 Å². The van der Waals surface area contributed by atoms with E-state index in [0.717, 1.165) is 28.7 Å². The van der Waals surface area contributed by atoms with Crippen molar-refractivity contribution < 1.29 is 9.53 Å². The van der Waals surface area contributed by atoms with Gasteiger partial charge in [0, 0.05) is 18.1 Å². The normalized spacial score (nSPS) is 10.8. The molecule has 1 N–H and O–H groups in total. The Morgan fingerprint density at radius 2 is 1.80 bits per heavy atom. The lowest BCUT2D eigenvalue weighted by atomic mass is 10.1. The number of fused-ring (bicyclic) bond motifs is 1. The monoisotopic (exact) mass is 419 g/mol. The van der Waals surface area contributed by atoms with Crippen LogP contribution in [0, 0.1) is 0 Å². The number of hydrogen-bond donors (Lipinski definition) is 1. The van der Waals surface area contributed by atoms with Crippen LogP contribution >= 0.6 is 11.6 Å². The van der Waals surface area contributed by atoms with Gasteiger partial charge in [0.2, 0.25) is 5.91 Å². The van der Waals surface area contributed by atoms with Crippen LogP contribution in [0.1, 0.15) is 17.5 Å². The molecule has 0 aliphatic heterocycles. The van der Waals surface area contributed by atoms with E-state index < -0.39 is 0 Å². The van der Waals surface area contributed by atoms with Crippen LogP contribution in [0.3, 0.4) is 0 Å². The van der Waals surface area contributed by atoms with Crippen molar-refractivity contribution in [1.29, 1.82) is 0 Å². The maximum Gasteiger partial charge on any atom is 0.223 e. The minimum absolute atomic E-state index is 0.0463. The number of carbonyl (C=O) groups is 1. The summed E-state index contributed by atoms with van der Waals surface area (Å²) >= 11 is 5.85. The molecule has 30 heavy (non-hydrogen) atoms. The lowest BCUT2D eigenvalue weighted by Gasteiger charge is -2.09. The molecule has 0 spiro atoms. The van der Waals surface area contributed by atoms with Crippen LogP contribution in [0.15, 0.2) is 79.1 Å². The second-order valence-corrected chi connectivity index (χ2v) is 7.45. The molecule has 6 heteroatoms. The highest BCUT2D eigenvalue weighted by Crippen LogP contribution is 2.16. The third-order valence-electron chi connectivity index (χ3n) is 4.77. The molecule has 0 saturated carbocycles. The fraction of sp³-hybridized carbons (Fsp3) is 0.167. The quantitative estimate of drug-likeness (QED) is 0.445. The Balaban J connectivity index is 1.27. The highest BCUT2D eigenvalue weighted by atomic mass is 35.5. The maximum absolute atomic E-state index is 12.1. The zero-order valence-corrected chi connectivity index (χ0v) is 17.2. The highest BCUT2D eigenvalue weighted by molar-refractivity contribution is 6.30. The van der Waals surface area contributed by atoms with Crippen LogP contribution in [0.2, 0.25) is 5.02 Å². The van der Waals surface area contributed by atoms with Gasteiger partial charge < -0.3 is 14.6 Å². The number of amides is 1. The molecule has 1 heterocycles. The molecule has 4 rings (SSSR count). The molecule has 0 radical (unpaired) electrons. The largest absolute Gasteiger partial charge is 0.493 e. The van der Waals surface area contributed by atoms with E-state index in [1.165, 1.54) is 0 Å². The molecule has 0 atom stereocenters. The molecule has 0 saturated heterocycles. The first kappa shape index (κ1) is 20.0. The molecular formula is C24H22ClN3O2. The van der Waals surface area contributed by atoms with E-state index in [1.54, 1.807) is 24.3 Å². The summed E-state index contributed by atoms with van der Waals surface area (Å²) in [6.07, 6.45) is 2.16. The van der Waals surface area contributed by atoms with E-state index >= 15 is 0 Å². The highest BCUT2D eigenvalue weighted by Gasteiger charge is 2.05. The number of aromatic nitrogens is 2. The number of carbonyl (C=O) groups excluding carboxylic acids is 1. The van der Waals surface area contributed by atoms with Gasteiger partial charge in [0.15, 0.2) is 0 Å². The summed E-state index contributed by atoms with van der Waals surface area (Å²) in [6.45, 7) is 1.54. The van der Waals surface area contributed by atoms with Gasteiger partial charge in [-0.1, -0.05) is 48.0 Å². The molecule has 0 fully saturated rings. The van der Waals surface area contributed by atoms with E-state index in [0.29, 0.717) is 30.3 Å². The summed E-state index contributed by atoms with van der Waals surface area (Å²) in [7, 11) is 0. The molecule has 3 aromatic carbocycles. The molecule has 0 aliphatic carbocycles. The Labute approximate surface area is 180 Å². The lowest BCUT2D eigenvalue weighted by molar-refractivity contribution is -0.121. The summed E-state index contributed by atoms with van der Waals surface area (Å²) in [5, 5.41) is 3.61. The van der Waals surface area contributed by atoms with Crippen LogP contribution in [0.5, 0.6) is 5.75 Å². The number of ether oxygens (including phenoxy) is 1. The number of halogens is 1. The molecule has 0 aliphatic rings. The predicted molar refractivity (Wildman–Crippen MR) is 119 cm³/mol. The lowest BCUT2D eigenvalue weighted by Crippen LogP contribution is -2.24. The number of rotatable bonds is 8. The van der Waals surface area contributed by atoms with Crippen molar-refractivity contribution >= 4 is 28.5 Å². The van der Waals surface area contributed by atoms with Gasteiger partial charge in [-0.25, -0.2) is 4.98 Å². The Kier molecular flexibility index (Phi) is 6.30. The van der Waals surface area contributed by atoms with E-state index in [1.807, 2.05) is 36.7 Å². The Hall–Kier alpha value is -3.31. The van der Waals surface area contributed by atoms with Crippen LogP contribution in [0.4, 0.5) is 0 Å². The first-order valence-corrected chi connectivity index (χ1v) is 10.2. The van der Waals surface area contributed by atoms with Crippen LogP contribution < -0.4 is 10.1 Å². The molecule has 0 bridgehead atoms. The fourth-order valence-electron chi connectivity index (χ4n) is 3.25. The first-order chi connectivity index (χ1) is 14.7. The second kappa shape index (κ2) is 9.46. The van der Waals surface area contributed by atoms with Gasteiger partial charge in [-0.05, 0) is 47.5 Å². The van der Waals surface area contributed by atoms with Crippen molar-refractivity contribution in [2.24, 2.45) is 0 Å². The number of nitrogens with one attached hydrogen (secondary N) is 1. The van der Waals surface area contributed by atoms with Gasteiger partial charge in [0.25, 0.3) is 0 Å². The fourth-order valence-corrected chi connectivity index (χ4v) is 3.38. The van der Waals surface area contributed by atoms with E-state index in [2.05, 4.69) is 33.1 Å². The van der Waals surface area contributed by atoms with Gasteiger partial charge in [-0.3, -0.25) is 4.79 Å². The molecule has 4 aromatic rings. The van der Waals surface area contributed by atoms with Crippen molar-refractivity contribution in [2.75, 3.05) is 6.61 Å². The Morgan fingerprint density at radius 3 is 2.67 bits per heavy atom. The van der Waals surface area contributed by atoms with Crippen molar-refractivity contribution in [1.82, 2.24) is 14.9 Å². The van der Waals surface area contributed by atoms with Crippen molar-refractivity contribution in [3.63, 3.8) is 0 Å². The Bertz CT molecular complexity index is 1140. The van der Waals surface area contributed by atoms with Gasteiger partial charge in [-0.15, -0.1) is 0 Å². The number of hydrogen-bond acceptors (Lipinski definition) is 3. The zero-order chi connectivity index (χ0) is 20.8. The topological polar surface area (TPSA) is 56.1 Å². The van der Waals surface area contributed by atoms with E-state index in [4.69, 9.17) is 16.3 Å². The summed E-state index contributed by atoms with van der Waals surface area (Å²) < 4.78 is 7.69. The standard InChI is InChI=1S/C24H22ClN3O2/c25-20-8-10-21(11-9-20)30-13-12-24(29)26-15-18-4-3-5-19(14-18)16-28-17-27-22-6-1-2-7-23(22)28/h1-11,14,17H,12-13,15-16H2,(H,26,29).